The van der Waals surface area contributed by atoms with Crippen molar-refractivity contribution < 1.29 is 5.11 Å². The van der Waals surface area contributed by atoms with Crippen molar-refractivity contribution in [2.45, 2.75) is 52.2 Å². The number of hydrogen-bond donors (Lipinski definition) is 2. The topological polar surface area (TPSA) is 53.8 Å². The third-order valence-corrected chi connectivity index (χ3v) is 4.19. The van der Waals surface area contributed by atoms with Crippen LogP contribution in [0.25, 0.3) is 0 Å². The third kappa shape index (κ3) is 3.16. The van der Waals surface area contributed by atoms with Gasteiger partial charge in [0, 0.05) is 6.54 Å². The number of aromatic amines is 1. The molecular formula is C12H21N3OS. The summed E-state index contributed by atoms with van der Waals surface area (Å²) in [5.74, 6) is 2.36. The van der Waals surface area contributed by atoms with E-state index in [1.807, 2.05) is 4.57 Å². The van der Waals surface area contributed by atoms with E-state index in [0.717, 1.165) is 24.8 Å². The van der Waals surface area contributed by atoms with E-state index >= 15 is 0 Å². The maximum absolute atomic E-state index is 9.15. The van der Waals surface area contributed by atoms with E-state index in [9.17, 15) is 0 Å². The minimum Gasteiger partial charge on any atom is -0.388 e. The smallest absolute Gasteiger partial charge is 0.195 e. The lowest BCUT2D eigenvalue weighted by Gasteiger charge is -2.26. The summed E-state index contributed by atoms with van der Waals surface area (Å²) >= 11 is 5.16. The van der Waals surface area contributed by atoms with E-state index in [0.29, 0.717) is 10.6 Å². The van der Waals surface area contributed by atoms with Crippen molar-refractivity contribution in [2.75, 3.05) is 0 Å². The molecule has 0 unspecified atom stereocenters. The van der Waals surface area contributed by atoms with Crippen molar-refractivity contribution in [3.05, 3.63) is 10.6 Å². The molecule has 1 aliphatic carbocycles. The van der Waals surface area contributed by atoms with Crippen LogP contribution in [-0.2, 0) is 13.2 Å². The van der Waals surface area contributed by atoms with Crippen LogP contribution in [0.4, 0.5) is 0 Å². The minimum atomic E-state index is -0.0468. The monoisotopic (exact) mass is 255 g/mol. The molecule has 0 aliphatic heterocycles. The highest BCUT2D eigenvalue weighted by Gasteiger charge is 2.18. The van der Waals surface area contributed by atoms with E-state index in [4.69, 9.17) is 17.3 Å². The average molecular weight is 255 g/mol. The molecule has 0 amide bonds. The van der Waals surface area contributed by atoms with Gasteiger partial charge in [-0.2, -0.15) is 5.10 Å². The van der Waals surface area contributed by atoms with Crippen LogP contribution in [-0.4, -0.2) is 19.9 Å². The first-order chi connectivity index (χ1) is 8.20. The Labute approximate surface area is 107 Å². The summed E-state index contributed by atoms with van der Waals surface area (Å²) in [4.78, 5) is 0. The van der Waals surface area contributed by atoms with E-state index in [1.54, 1.807) is 0 Å². The summed E-state index contributed by atoms with van der Waals surface area (Å²) in [6.45, 7) is 3.17. The second kappa shape index (κ2) is 5.78. The molecule has 0 saturated heterocycles. The Balaban J connectivity index is 1.89. The molecule has 5 heteroatoms. The number of hydrogen-bond acceptors (Lipinski definition) is 3. The Bertz CT molecular complexity index is 404. The summed E-state index contributed by atoms with van der Waals surface area (Å²) in [5, 5.41) is 15.9. The molecule has 1 aromatic rings. The van der Waals surface area contributed by atoms with Gasteiger partial charge >= 0.3 is 0 Å². The zero-order valence-corrected chi connectivity index (χ0v) is 11.2. The van der Waals surface area contributed by atoms with Gasteiger partial charge in [0.15, 0.2) is 10.6 Å². The largest absolute Gasteiger partial charge is 0.388 e. The molecule has 17 heavy (non-hydrogen) atoms. The molecule has 1 aromatic heterocycles. The lowest BCUT2D eigenvalue weighted by atomic mass is 9.81. The molecule has 0 radical (unpaired) electrons. The molecular weight excluding hydrogens is 234 g/mol. The third-order valence-electron chi connectivity index (χ3n) is 3.88. The Morgan fingerprint density at radius 1 is 1.41 bits per heavy atom. The minimum absolute atomic E-state index is 0.0468. The van der Waals surface area contributed by atoms with E-state index in [1.165, 1.54) is 25.7 Å². The predicted molar refractivity (Wildman–Crippen MR) is 69.1 cm³/mol. The summed E-state index contributed by atoms with van der Waals surface area (Å²) in [6.07, 6.45) is 6.53. The van der Waals surface area contributed by atoms with Gasteiger partial charge in [0.1, 0.15) is 6.61 Å². The SMILES string of the molecule is CC1CCC(CCn2c(CO)n[nH]c2=S)CC1. The Hall–Kier alpha value is -0.680. The second-order valence-corrected chi connectivity index (χ2v) is 5.56. The van der Waals surface area contributed by atoms with Gasteiger partial charge < -0.3 is 9.67 Å². The number of H-pyrrole nitrogens is 1. The first-order valence-corrected chi connectivity index (χ1v) is 6.86. The zero-order chi connectivity index (χ0) is 12.3. The molecule has 1 fully saturated rings. The van der Waals surface area contributed by atoms with Gasteiger partial charge in [0.05, 0.1) is 0 Å². The number of aliphatic hydroxyl groups excluding tert-OH is 1. The number of rotatable bonds is 4. The van der Waals surface area contributed by atoms with Gasteiger partial charge in [-0.25, -0.2) is 0 Å². The molecule has 0 aromatic carbocycles. The summed E-state index contributed by atoms with van der Waals surface area (Å²) in [7, 11) is 0. The van der Waals surface area contributed by atoms with Gasteiger partial charge in [0.25, 0.3) is 0 Å². The maximum Gasteiger partial charge on any atom is 0.195 e. The summed E-state index contributed by atoms with van der Waals surface area (Å²) < 4.78 is 2.55. The fourth-order valence-corrected chi connectivity index (χ4v) is 2.87. The average Bonchev–Trinajstić information content (AvgIpc) is 2.69. The molecule has 2 rings (SSSR count). The molecule has 4 nitrogen and oxygen atoms in total. The molecule has 96 valence electrons. The summed E-state index contributed by atoms with van der Waals surface area (Å²) in [5.41, 5.74) is 0. The van der Waals surface area contributed by atoms with Crippen molar-refractivity contribution in [1.82, 2.24) is 14.8 Å². The first kappa shape index (κ1) is 12.8. The number of nitrogens with zero attached hydrogens (tertiary/aromatic N) is 2. The number of aromatic nitrogens is 3. The highest BCUT2D eigenvalue weighted by molar-refractivity contribution is 7.71. The van der Waals surface area contributed by atoms with Crippen LogP contribution in [0.1, 0.15) is 44.9 Å². The van der Waals surface area contributed by atoms with Crippen LogP contribution in [0.3, 0.4) is 0 Å². The fraction of sp³-hybridized carbons (Fsp3) is 0.833. The summed E-state index contributed by atoms with van der Waals surface area (Å²) in [6, 6.07) is 0. The molecule has 2 N–H and O–H groups in total. The quantitative estimate of drug-likeness (QED) is 0.813. The molecule has 0 atom stereocenters. The molecule has 1 aliphatic rings. The van der Waals surface area contributed by atoms with E-state index in [2.05, 4.69) is 17.1 Å². The second-order valence-electron chi connectivity index (χ2n) is 5.17. The normalized spacial score (nSPS) is 25.1. The highest BCUT2D eigenvalue weighted by atomic mass is 32.1. The lowest BCUT2D eigenvalue weighted by molar-refractivity contribution is 0.251. The molecule has 0 spiro atoms. The Kier molecular flexibility index (Phi) is 4.34. The zero-order valence-electron chi connectivity index (χ0n) is 10.4. The van der Waals surface area contributed by atoms with Crippen LogP contribution in [0.2, 0.25) is 0 Å². The predicted octanol–water partition coefficient (Wildman–Crippen LogP) is 2.65. The van der Waals surface area contributed by atoms with Crippen LogP contribution in [0.5, 0.6) is 0 Å². The van der Waals surface area contributed by atoms with Crippen LogP contribution >= 0.6 is 12.2 Å². The van der Waals surface area contributed by atoms with Crippen LogP contribution in [0, 0.1) is 16.6 Å². The molecule has 1 saturated carbocycles. The molecule has 1 heterocycles. The fourth-order valence-electron chi connectivity index (χ4n) is 2.63. The van der Waals surface area contributed by atoms with Gasteiger partial charge in [0.2, 0.25) is 0 Å². The van der Waals surface area contributed by atoms with E-state index in [-0.39, 0.29) is 6.61 Å². The van der Waals surface area contributed by atoms with Crippen LogP contribution < -0.4 is 0 Å². The Morgan fingerprint density at radius 3 is 2.76 bits per heavy atom. The van der Waals surface area contributed by atoms with Crippen molar-refractivity contribution in [1.29, 1.82) is 0 Å². The van der Waals surface area contributed by atoms with Gasteiger partial charge in [-0.1, -0.05) is 32.6 Å². The van der Waals surface area contributed by atoms with Crippen molar-refractivity contribution in [3.63, 3.8) is 0 Å². The maximum atomic E-state index is 9.15. The van der Waals surface area contributed by atoms with Gasteiger partial charge in [-0.05, 0) is 30.5 Å². The van der Waals surface area contributed by atoms with Crippen molar-refractivity contribution in [2.24, 2.45) is 11.8 Å². The van der Waals surface area contributed by atoms with Gasteiger partial charge in [-0.15, -0.1) is 0 Å². The number of nitrogens with one attached hydrogen (secondary N) is 1. The lowest BCUT2D eigenvalue weighted by Crippen LogP contribution is -2.15. The van der Waals surface area contributed by atoms with E-state index < -0.39 is 0 Å². The van der Waals surface area contributed by atoms with Gasteiger partial charge in [-0.3, -0.25) is 5.10 Å². The highest BCUT2D eigenvalue weighted by Crippen LogP contribution is 2.30. The van der Waals surface area contributed by atoms with Crippen molar-refractivity contribution in [3.8, 4) is 0 Å². The van der Waals surface area contributed by atoms with Crippen LogP contribution in [0.15, 0.2) is 0 Å². The first-order valence-electron chi connectivity index (χ1n) is 6.45. The van der Waals surface area contributed by atoms with Crippen molar-refractivity contribution >= 4 is 12.2 Å². The standard InChI is InChI=1S/C12H21N3OS/c1-9-2-4-10(5-3-9)6-7-15-11(8-16)13-14-12(15)17/h9-10,16H,2-8H2,1H3,(H,14,17). The number of aliphatic hydroxyl groups is 1. The molecule has 0 bridgehead atoms. The Morgan fingerprint density at radius 2 is 2.12 bits per heavy atom.